The number of nitrogens with one attached hydrogen (secondary N) is 1. The maximum absolute atomic E-state index is 11.0. The van der Waals surface area contributed by atoms with E-state index in [2.05, 4.69) is 20.3 Å². The molecular weight excluding hydrogens is 336 g/mol. The summed E-state index contributed by atoms with van der Waals surface area (Å²) in [5.74, 6) is 0.486. The van der Waals surface area contributed by atoms with Crippen molar-refractivity contribution in [3.63, 3.8) is 0 Å². The Kier molecular flexibility index (Phi) is 4.73. The SMILES string of the molecule is O=[N+]([O-])c1cnc2ccc(NC3CCN(C4CCCCC4O)CC3)nn12. The van der Waals surface area contributed by atoms with Crippen LogP contribution in [-0.4, -0.2) is 60.8 Å². The summed E-state index contributed by atoms with van der Waals surface area (Å²) in [5.41, 5.74) is 0.461. The molecule has 2 unspecified atom stereocenters. The standard InChI is InChI=1S/C17H24N6O3/c24-14-4-2-1-3-13(14)21-9-7-12(8-10-21)19-15-5-6-16-18-11-17(23(25)26)22(16)20-15/h5-6,11-14,24H,1-4,7-10H2,(H,19,20). The number of nitrogens with zero attached hydrogens (tertiary/aromatic N) is 5. The Hall–Kier alpha value is -2.26. The Bertz CT molecular complexity index is 786. The van der Waals surface area contributed by atoms with E-state index in [1.807, 2.05) is 6.07 Å². The predicted octanol–water partition coefficient (Wildman–Crippen LogP) is 1.82. The molecule has 0 aromatic carbocycles. The minimum atomic E-state index is -0.481. The molecule has 2 N–H and O–H groups in total. The van der Waals surface area contributed by atoms with E-state index in [-0.39, 0.29) is 18.0 Å². The maximum Gasteiger partial charge on any atom is 0.368 e. The molecule has 9 heteroatoms. The van der Waals surface area contributed by atoms with E-state index in [0.717, 1.165) is 45.2 Å². The molecule has 9 nitrogen and oxygen atoms in total. The van der Waals surface area contributed by atoms with Gasteiger partial charge in [0, 0.05) is 31.2 Å². The number of piperidine rings is 1. The number of aliphatic hydroxyl groups is 1. The first-order valence-electron chi connectivity index (χ1n) is 9.29. The smallest absolute Gasteiger partial charge is 0.368 e. The van der Waals surface area contributed by atoms with Crippen LogP contribution in [0.1, 0.15) is 38.5 Å². The summed E-state index contributed by atoms with van der Waals surface area (Å²) in [6, 6.07) is 4.12. The van der Waals surface area contributed by atoms with E-state index < -0.39 is 4.92 Å². The van der Waals surface area contributed by atoms with Gasteiger partial charge in [-0.15, -0.1) is 0 Å². The van der Waals surface area contributed by atoms with E-state index in [1.165, 1.54) is 17.1 Å². The highest BCUT2D eigenvalue weighted by molar-refractivity contribution is 5.48. The molecule has 0 amide bonds. The summed E-state index contributed by atoms with van der Waals surface area (Å²) in [4.78, 5) is 17.0. The van der Waals surface area contributed by atoms with E-state index in [9.17, 15) is 15.2 Å². The number of nitro groups is 1. The summed E-state index contributed by atoms with van der Waals surface area (Å²) in [7, 11) is 0. The molecule has 4 rings (SSSR count). The highest BCUT2D eigenvalue weighted by Gasteiger charge is 2.31. The fourth-order valence-electron chi connectivity index (χ4n) is 4.16. The Balaban J connectivity index is 1.39. The van der Waals surface area contributed by atoms with Crippen LogP contribution in [0.15, 0.2) is 18.3 Å². The lowest BCUT2D eigenvalue weighted by molar-refractivity contribution is -0.391. The van der Waals surface area contributed by atoms with Crippen LogP contribution in [0.4, 0.5) is 11.6 Å². The molecule has 3 heterocycles. The third kappa shape index (κ3) is 3.36. The molecule has 140 valence electrons. The topological polar surface area (TPSA) is 109 Å². The molecule has 0 bridgehead atoms. The van der Waals surface area contributed by atoms with Crippen LogP contribution in [0, 0.1) is 10.1 Å². The monoisotopic (exact) mass is 360 g/mol. The highest BCUT2D eigenvalue weighted by Crippen LogP contribution is 2.26. The van der Waals surface area contributed by atoms with Gasteiger partial charge in [0.2, 0.25) is 5.65 Å². The van der Waals surface area contributed by atoms with Gasteiger partial charge in [-0.2, -0.15) is 0 Å². The summed E-state index contributed by atoms with van der Waals surface area (Å²) in [5, 5.41) is 29.0. The van der Waals surface area contributed by atoms with Crippen LogP contribution in [0.5, 0.6) is 0 Å². The van der Waals surface area contributed by atoms with Crippen molar-refractivity contribution in [2.24, 2.45) is 0 Å². The average molecular weight is 360 g/mol. The second kappa shape index (κ2) is 7.16. The van der Waals surface area contributed by atoms with Gasteiger partial charge in [0.15, 0.2) is 5.82 Å². The van der Waals surface area contributed by atoms with Crippen molar-refractivity contribution >= 4 is 17.3 Å². The van der Waals surface area contributed by atoms with Gasteiger partial charge >= 0.3 is 5.82 Å². The zero-order chi connectivity index (χ0) is 18.1. The van der Waals surface area contributed by atoms with E-state index in [1.54, 1.807) is 6.07 Å². The minimum absolute atomic E-state index is 0.134. The number of aromatic nitrogens is 3. The molecule has 2 aromatic heterocycles. The first-order chi connectivity index (χ1) is 12.6. The van der Waals surface area contributed by atoms with E-state index >= 15 is 0 Å². The van der Waals surface area contributed by atoms with Gasteiger partial charge in [0.1, 0.15) is 6.20 Å². The molecule has 1 aliphatic heterocycles. The van der Waals surface area contributed by atoms with Crippen LogP contribution in [0.3, 0.4) is 0 Å². The molecule has 1 saturated carbocycles. The van der Waals surface area contributed by atoms with Crippen molar-refractivity contribution in [2.45, 2.75) is 56.7 Å². The Morgan fingerprint density at radius 1 is 1.19 bits per heavy atom. The first-order valence-corrected chi connectivity index (χ1v) is 9.29. The zero-order valence-corrected chi connectivity index (χ0v) is 14.6. The lowest BCUT2D eigenvalue weighted by atomic mass is 9.89. The molecule has 2 aromatic rings. The van der Waals surface area contributed by atoms with E-state index in [0.29, 0.717) is 17.5 Å². The number of anilines is 1. The molecule has 2 aliphatic rings. The molecule has 1 saturated heterocycles. The van der Waals surface area contributed by atoms with Gasteiger partial charge in [-0.1, -0.05) is 22.5 Å². The number of aliphatic hydroxyl groups excluding tert-OH is 1. The highest BCUT2D eigenvalue weighted by atomic mass is 16.6. The van der Waals surface area contributed by atoms with Crippen molar-refractivity contribution in [1.82, 2.24) is 19.5 Å². The normalized spacial score (nSPS) is 25.4. The fraction of sp³-hybridized carbons (Fsp3) is 0.647. The van der Waals surface area contributed by atoms with Gasteiger partial charge in [0.25, 0.3) is 0 Å². The van der Waals surface area contributed by atoms with Crippen molar-refractivity contribution < 1.29 is 10.0 Å². The second-order valence-corrected chi connectivity index (χ2v) is 7.24. The van der Waals surface area contributed by atoms with Crippen LogP contribution in [-0.2, 0) is 0 Å². The molecule has 0 radical (unpaired) electrons. The number of rotatable bonds is 4. The van der Waals surface area contributed by atoms with Gasteiger partial charge in [-0.25, -0.2) is 4.98 Å². The Labute approximate surface area is 151 Å². The second-order valence-electron chi connectivity index (χ2n) is 7.24. The fourth-order valence-corrected chi connectivity index (χ4v) is 4.16. The summed E-state index contributed by atoms with van der Waals surface area (Å²) >= 11 is 0. The third-order valence-electron chi connectivity index (χ3n) is 5.58. The van der Waals surface area contributed by atoms with Crippen molar-refractivity contribution in [2.75, 3.05) is 18.4 Å². The van der Waals surface area contributed by atoms with Gasteiger partial charge in [-0.05, 0) is 36.7 Å². The average Bonchev–Trinajstić information content (AvgIpc) is 3.06. The van der Waals surface area contributed by atoms with Gasteiger partial charge in [-0.3, -0.25) is 4.90 Å². The summed E-state index contributed by atoms with van der Waals surface area (Å²) < 4.78 is 1.26. The van der Waals surface area contributed by atoms with Crippen LogP contribution in [0.2, 0.25) is 0 Å². The minimum Gasteiger partial charge on any atom is -0.391 e. The quantitative estimate of drug-likeness (QED) is 0.632. The van der Waals surface area contributed by atoms with Crippen molar-refractivity contribution in [1.29, 1.82) is 0 Å². The van der Waals surface area contributed by atoms with Crippen LogP contribution >= 0.6 is 0 Å². The molecule has 2 atom stereocenters. The third-order valence-corrected chi connectivity index (χ3v) is 5.58. The molecule has 1 aliphatic carbocycles. The van der Waals surface area contributed by atoms with Crippen LogP contribution in [0.25, 0.3) is 5.65 Å². The summed E-state index contributed by atoms with van der Waals surface area (Å²) in [6.45, 7) is 1.90. The number of imidazole rings is 1. The van der Waals surface area contributed by atoms with Crippen LogP contribution < -0.4 is 5.32 Å². The van der Waals surface area contributed by atoms with Crippen molar-refractivity contribution in [3.05, 3.63) is 28.4 Å². The van der Waals surface area contributed by atoms with E-state index in [4.69, 9.17) is 0 Å². The molecule has 0 spiro atoms. The summed E-state index contributed by atoms with van der Waals surface area (Å²) in [6.07, 6.45) is 7.29. The Morgan fingerprint density at radius 3 is 2.69 bits per heavy atom. The number of hydrogen-bond donors (Lipinski definition) is 2. The molecule has 2 fully saturated rings. The van der Waals surface area contributed by atoms with Crippen molar-refractivity contribution in [3.8, 4) is 0 Å². The van der Waals surface area contributed by atoms with Gasteiger partial charge < -0.3 is 20.5 Å². The molecule has 26 heavy (non-hydrogen) atoms. The van der Waals surface area contributed by atoms with Gasteiger partial charge in [0.05, 0.1) is 6.10 Å². The largest absolute Gasteiger partial charge is 0.391 e. The number of likely N-dealkylation sites (tertiary alicyclic amines) is 1. The first kappa shape index (κ1) is 17.2. The zero-order valence-electron chi connectivity index (χ0n) is 14.6. The number of fused-ring (bicyclic) bond motifs is 1. The molecular formula is C17H24N6O3. The lowest BCUT2D eigenvalue weighted by Gasteiger charge is -2.41. The predicted molar refractivity (Wildman–Crippen MR) is 96.1 cm³/mol. The Morgan fingerprint density at radius 2 is 1.96 bits per heavy atom. The number of hydrogen-bond acceptors (Lipinski definition) is 7. The maximum atomic E-state index is 11.0. The lowest BCUT2D eigenvalue weighted by Crippen LogP contribution is -2.50.